The fourth-order valence-corrected chi connectivity index (χ4v) is 3.17. The van der Waals surface area contributed by atoms with E-state index in [9.17, 15) is 5.11 Å². The zero-order chi connectivity index (χ0) is 17.2. The Bertz CT molecular complexity index is 863. The SMILES string of the molecule is CC(C)(C)N=Nc1c(O)[nH]c2cc(SCc3ccccc3)ccc12. The van der Waals surface area contributed by atoms with Crippen LogP contribution in [0.3, 0.4) is 0 Å². The maximum absolute atomic E-state index is 10.1. The fourth-order valence-electron chi connectivity index (χ4n) is 2.28. The highest BCUT2D eigenvalue weighted by Crippen LogP contribution is 2.38. The van der Waals surface area contributed by atoms with Crippen molar-refractivity contribution in [2.75, 3.05) is 0 Å². The lowest BCUT2D eigenvalue weighted by Gasteiger charge is -2.08. The van der Waals surface area contributed by atoms with Gasteiger partial charge in [-0.1, -0.05) is 30.3 Å². The molecule has 2 N–H and O–H groups in total. The summed E-state index contributed by atoms with van der Waals surface area (Å²) < 4.78 is 0. The molecule has 0 aliphatic rings. The molecule has 0 atom stereocenters. The normalized spacial score (nSPS) is 12.3. The second-order valence-corrected chi connectivity index (χ2v) is 7.72. The van der Waals surface area contributed by atoms with Crippen LogP contribution in [0.25, 0.3) is 10.9 Å². The van der Waals surface area contributed by atoms with Crippen molar-refractivity contribution in [3.8, 4) is 5.88 Å². The van der Waals surface area contributed by atoms with E-state index in [0.29, 0.717) is 5.69 Å². The van der Waals surface area contributed by atoms with Gasteiger partial charge in [0.05, 0.1) is 11.1 Å². The first kappa shape index (κ1) is 16.6. The molecule has 124 valence electrons. The number of fused-ring (bicyclic) bond motifs is 1. The Hall–Kier alpha value is -2.27. The van der Waals surface area contributed by atoms with Gasteiger partial charge in [-0.3, -0.25) is 0 Å². The topological polar surface area (TPSA) is 60.7 Å². The standard InChI is InChI=1S/C19H21N3OS/c1-19(2,3)22-21-17-15-10-9-14(11-16(15)20-18(17)23)24-12-13-7-5-4-6-8-13/h4-11,20,23H,12H2,1-3H3. The number of aromatic amines is 1. The van der Waals surface area contributed by atoms with E-state index in [-0.39, 0.29) is 11.4 Å². The van der Waals surface area contributed by atoms with E-state index >= 15 is 0 Å². The molecule has 3 rings (SSSR count). The van der Waals surface area contributed by atoms with Gasteiger partial charge in [0.1, 0.15) is 0 Å². The molecule has 24 heavy (non-hydrogen) atoms. The molecule has 0 saturated heterocycles. The van der Waals surface area contributed by atoms with Crippen LogP contribution in [0, 0.1) is 0 Å². The molecule has 0 aliphatic heterocycles. The van der Waals surface area contributed by atoms with Gasteiger partial charge in [-0.15, -0.1) is 16.9 Å². The lowest BCUT2D eigenvalue weighted by molar-refractivity contribution is 0.458. The number of hydrogen-bond donors (Lipinski definition) is 2. The molecule has 0 aliphatic carbocycles. The molecule has 0 amide bonds. The van der Waals surface area contributed by atoms with Gasteiger partial charge in [0.15, 0.2) is 5.69 Å². The largest absolute Gasteiger partial charge is 0.493 e. The van der Waals surface area contributed by atoms with Crippen LogP contribution in [0.2, 0.25) is 0 Å². The second kappa shape index (κ2) is 6.69. The van der Waals surface area contributed by atoms with Crippen LogP contribution in [0.4, 0.5) is 5.69 Å². The number of benzene rings is 2. The van der Waals surface area contributed by atoms with Crippen molar-refractivity contribution < 1.29 is 5.11 Å². The van der Waals surface area contributed by atoms with Crippen molar-refractivity contribution in [1.82, 2.24) is 4.98 Å². The minimum atomic E-state index is -0.276. The molecule has 0 radical (unpaired) electrons. The van der Waals surface area contributed by atoms with E-state index < -0.39 is 0 Å². The monoisotopic (exact) mass is 339 g/mol. The summed E-state index contributed by atoms with van der Waals surface area (Å²) in [5.41, 5.74) is 2.38. The number of aromatic nitrogens is 1. The maximum Gasteiger partial charge on any atom is 0.218 e. The van der Waals surface area contributed by atoms with Crippen LogP contribution in [0.15, 0.2) is 63.7 Å². The van der Waals surface area contributed by atoms with Gasteiger partial charge in [0.2, 0.25) is 5.88 Å². The quantitative estimate of drug-likeness (QED) is 0.449. The van der Waals surface area contributed by atoms with Crippen molar-refractivity contribution in [3.05, 3.63) is 54.1 Å². The summed E-state index contributed by atoms with van der Waals surface area (Å²) in [5, 5.41) is 19.5. The van der Waals surface area contributed by atoms with Gasteiger partial charge in [-0.25, -0.2) is 0 Å². The molecule has 5 heteroatoms. The summed E-state index contributed by atoms with van der Waals surface area (Å²) in [4.78, 5) is 4.14. The van der Waals surface area contributed by atoms with E-state index in [1.165, 1.54) is 5.56 Å². The third-order valence-corrected chi connectivity index (χ3v) is 4.49. The van der Waals surface area contributed by atoms with E-state index in [1.54, 1.807) is 11.8 Å². The molecule has 2 aromatic carbocycles. The highest BCUT2D eigenvalue weighted by Gasteiger charge is 2.13. The van der Waals surface area contributed by atoms with Crippen LogP contribution in [0.1, 0.15) is 26.3 Å². The predicted octanol–water partition coefficient (Wildman–Crippen LogP) is 6.05. The first-order valence-electron chi connectivity index (χ1n) is 7.87. The van der Waals surface area contributed by atoms with Crippen molar-refractivity contribution in [2.45, 2.75) is 37.0 Å². The zero-order valence-corrected chi connectivity index (χ0v) is 14.9. The maximum atomic E-state index is 10.1. The van der Waals surface area contributed by atoms with Crippen molar-refractivity contribution in [3.63, 3.8) is 0 Å². The highest BCUT2D eigenvalue weighted by molar-refractivity contribution is 7.98. The van der Waals surface area contributed by atoms with Crippen molar-refractivity contribution >= 4 is 28.4 Å². The van der Waals surface area contributed by atoms with Crippen LogP contribution >= 0.6 is 11.8 Å². The Morgan fingerprint density at radius 2 is 1.83 bits per heavy atom. The molecule has 0 saturated carbocycles. The number of nitrogens with zero attached hydrogens (tertiary/aromatic N) is 2. The van der Waals surface area contributed by atoms with Crippen LogP contribution in [0.5, 0.6) is 5.88 Å². The Morgan fingerprint density at radius 1 is 1.08 bits per heavy atom. The molecule has 0 fully saturated rings. The molecule has 0 unspecified atom stereocenters. The number of rotatable bonds is 4. The van der Waals surface area contributed by atoms with Crippen LogP contribution < -0.4 is 0 Å². The highest BCUT2D eigenvalue weighted by atomic mass is 32.2. The van der Waals surface area contributed by atoms with Gasteiger partial charge in [0, 0.05) is 16.0 Å². The van der Waals surface area contributed by atoms with Crippen molar-refractivity contribution in [1.29, 1.82) is 0 Å². The van der Waals surface area contributed by atoms with E-state index in [2.05, 4.69) is 45.5 Å². The molecule has 4 nitrogen and oxygen atoms in total. The average Bonchev–Trinajstić information content (AvgIpc) is 2.85. The molecular formula is C19H21N3OS. The Labute approximate surface area is 146 Å². The predicted molar refractivity (Wildman–Crippen MR) is 100 cm³/mol. The Balaban J connectivity index is 1.83. The summed E-state index contributed by atoms with van der Waals surface area (Å²) in [5.74, 6) is 0.971. The molecule has 0 bridgehead atoms. The summed E-state index contributed by atoms with van der Waals surface area (Å²) in [6.45, 7) is 5.92. The first-order chi connectivity index (χ1) is 11.4. The third-order valence-electron chi connectivity index (χ3n) is 3.42. The number of thioether (sulfide) groups is 1. The lowest BCUT2D eigenvalue weighted by Crippen LogP contribution is -2.07. The van der Waals surface area contributed by atoms with E-state index in [4.69, 9.17) is 0 Å². The smallest absolute Gasteiger partial charge is 0.218 e. The Morgan fingerprint density at radius 3 is 2.54 bits per heavy atom. The van der Waals surface area contributed by atoms with Gasteiger partial charge < -0.3 is 10.1 Å². The fraction of sp³-hybridized carbons (Fsp3) is 0.263. The van der Waals surface area contributed by atoms with Crippen LogP contribution in [-0.2, 0) is 5.75 Å². The number of hydrogen-bond acceptors (Lipinski definition) is 4. The molecule has 1 heterocycles. The zero-order valence-electron chi connectivity index (χ0n) is 14.1. The third kappa shape index (κ3) is 3.97. The number of azo groups is 1. The van der Waals surface area contributed by atoms with Gasteiger partial charge in [-0.2, -0.15) is 5.11 Å². The summed E-state index contributed by atoms with van der Waals surface area (Å²) in [7, 11) is 0. The van der Waals surface area contributed by atoms with Gasteiger partial charge in [0.25, 0.3) is 0 Å². The minimum Gasteiger partial charge on any atom is -0.493 e. The Kier molecular flexibility index (Phi) is 4.62. The second-order valence-electron chi connectivity index (χ2n) is 6.67. The molecular weight excluding hydrogens is 318 g/mol. The first-order valence-corrected chi connectivity index (χ1v) is 8.85. The van der Waals surface area contributed by atoms with Crippen LogP contribution in [-0.4, -0.2) is 15.6 Å². The van der Waals surface area contributed by atoms with Crippen molar-refractivity contribution in [2.24, 2.45) is 10.2 Å². The summed E-state index contributed by atoms with van der Waals surface area (Å²) in [6.07, 6.45) is 0. The average molecular weight is 339 g/mol. The number of nitrogens with one attached hydrogen (secondary N) is 1. The van der Waals surface area contributed by atoms with E-state index in [1.807, 2.05) is 39.0 Å². The molecule has 0 spiro atoms. The van der Waals surface area contributed by atoms with E-state index in [0.717, 1.165) is 21.6 Å². The summed E-state index contributed by atoms with van der Waals surface area (Å²) in [6, 6.07) is 16.4. The number of aromatic hydroxyl groups is 1. The lowest BCUT2D eigenvalue weighted by atomic mass is 10.1. The molecule has 3 aromatic rings. The summed E-state index contributed by atoms with van der Waals surface area (Å²) >= 11 is 1.77. The number of H-pyrrole nitrogens is 1. The van der Waals surface area contributed by atoms with Gasteiger partial charge >= 0.3 is 0 Å². The molecule has 1 aromatic heterocycles. The minimum absolute atomic E-state index is 0.0585. The van der Waals surface area contributed by atoms with Gasteiger partial charge in [-0.05, 0) is 44.5 Å².